The lowest BCUT2D eigenvalue weighted by Gasteiger charge is -2.13. The first-order valence-electron chi connectivity index (χ1n) is 8.03. The van der Waals surface area contributed by atoms with E-state index in [1.165, 1.54) is 32.4 Å². The zero-order valence-electron chi connectivity index (χ0n) is 14.9. The summed E-state index contributed by atoms with van der Waals surface area (Å²) >= 11 is 0. The standard InChI is InChI=1S/C20H22O6/c1-13(21)12-26-20-10-16(24-2)8-9-17(20)18(23)11-19(25-3)14-4-6-15(22)7-5-14/h4-11,13,21-22H,12H2,1-3H3/b19-11-. The Hall–Kier alpha value is -2.99. The number of allylic oxidation sites excluding steroid dienone is 1. The van der Waals surface area contributed by atoms with Gasteiger partial charge in [-0.15, -0.1) is 0 Å². The number of carbonyl (C=O) groups excluding carboxylic acids is 1. The number of ketones is 1. The van der Waals surface area contributed by atoms with Crippen LogP contribution in [0.5, 0.6) is 17.2 Å². The molecule has 2 rings (SSSR count). The van der Waals surface area contributed by atoms with Gasteiger partial charge in [0, 0.05) is 17.7 Å². The molecule has 0 radical (unpaired) electrons. The second-order valence-corrected chi connectivity index (χ2v) is 5.65. The summed E-state index contributed by atoms with van der Waals surface area (Å²) in [5.74, 6) is 1.01. The van der Waals surface area contributed by atoms with Crippen molar-refractivity contribution in [2.45, 2.75) is 13.0 Å². The second-order valence-electron chi connectivity index (χ2n) is 5.65. The van der Waals surface area contributed by atoms with Crippen LogP contribution in [0.3, 0.4) is 0 Å². The highest BCUT2D eigenvalue weighted by atomic mass is 16.5. The fourth-order valence-corrected chi connectivity index (χ4v) is 2.25. The van der Waals surface area contributed by atoms with Gasteiger partial charge in [0.2, 0.25) is 0 Å². The topological polar surface area (TPSA) is 85.2 Å². The number of aliphatic hydroxyl groups excluding tert-OH is 1. The maximum Gasteiger partial charge on any atom is 0.193 e. The number of ether oxygens (including phenoxy) is 3. The molecule has 0 aromatic heterocycles. The molecule has 0 saturated carbocycles. The highest BCUT2D eigenvalue weighted by molar-refractivity contribution is 6.09. The van der Waals surface area contributed by atoms with E-state index in [1.54, 1.807) is 37.3 Å². The normalized spacial score (nSPS) is 12.4. The molecule has 0 heterocycles. The second kappa shape index (κ2) is 8.92. The minimum atomic E-state index is -0.675. The summed E-state index contributed by atoms with van der Waals surface area (Å²) in [5, 5.41) is 18.8. The molecule has 0 saturated heterocycles. The molecule has 0 bridgehead atoms. The summed E-state index contributed by atoms with van der Waals surface area (Å²) < 4.78 is 16.0. The van der Waals surface area contributed by atoms with Gasteiger partial charge in [0.05, 0.1) is 25.9 Å². The molecule has 0 fully saturated rings. The molecule has 2 N–H and O–H groups in total. The molecule has 1 unspecified atom stereocenters. The largest absolute Gasteiger partial charge is 0.508 e. The molecule has 1 atom stereocenters. The van der Waals surface area contributed by atoms with Crippen molar-refractivity contribution < 1.29 is 29.2 Å². The Kier molecular flexibility index (Phi) is 6.63. The quantitative estimate of drug-likeness (QED) is 0.429. The third-order valence-electron chi connectivity index (χ3n) is 3.57. The molecule has 2 aromatic rings. The number of methoxy groups -OCH3 is 2. The molecule has 2 aromatic carbocycles. The Balaban J connectivity index is 2.35. The van der Waals surface area contributed by atoms with Crippen LogP contribution >= 0.6 is 0 Å². The van der Waals surface area contributed by atoms with E-state index in [0.717, 1.165) is 0 Å². The van der Waals surface area contributed by atoms with Crippen LogP contribution in [0.2, 0.25) is 0 Å². The van der Waals surface area contributed by atoms with Crippen molar-refractivity contribution in [2.75, 3.05) is 20.8 Å². The zero-order valence-corrected chi connectivity index (χ0v) is 14.9. The number of aromatic hydroxyl groups is 1. The lowest BCUT2D eigenvalue weighted by molar-refractivity contribution is 0.102. The monoisotopic (exact) mass is 358 g/mol. The number of phenols is 1. The fraction of sp³-hybridized carbons (Fsp3) is 0.250. The summed E-state index contributed by atoms with van der Waals surface area (Å²) in [7, 11) is 2.98. The van der Waals surface area contributed by atoms with E-state index in [4.69, 9.17) is 14.2 Å². The number of rotatable bonds is 8. The van der Waals surface area contributed by atoms with E-state index in [-0.39, 0.29) is 18.1 Å². The van der Waals surface area contributed by atoms with Crippen LogP contribution in [0.25, 0.3) is 5.76 Å². The van der Waals surface area contributed by atoms with E-state index in [1.807, 2.05) is 0 Å². The minimum absolute atomic E-state index is 0.0479. The molecule has 0 spiro atoms. The van der Waals surface area contributed by atoms with E-state index in [9.17, 15) is 15.0 Å². The Bertz CT molecular complexity index is 777. The van der Waals surface area contributed by atoms with Crippen molar-refractivity contribution >= 4 is 11.5 Å². The third kappa shape index (κ3) is 5.00. The smallest absolute Gasteiger partial charge is 0.193 e. The Morgan fingerprint density at radius 2 is 1.85 bits per heavy atom. The van der Waals surface area contributed by atoms with Crippen LogP contribution in [0.15, 0.2) is 48.5 Å². The molecule has 0 aliphatic heterocycles. The first-order chi connectivity index (χ1) is 12.4. The Morgan fingerprint density at radius 3 is 2.42 bits per heavy atom. The van der Waals surface area contributed by atoms with Gasteiger partial charge in [0.25, 0.3) is 0 Å². The van der Waals surface area contributed by atoms with Gasteiger partial charge in [-0.25, -0.2) is 0 Å². The van der Waals surface area contributed by atoms with E-state index in [0.29, 0.717) is 28.4 Å². The number of phenolic OH excluding ortho intramolecular Hbond substituents is 1. The van der Waals surface area contributed by atoms with Crippen molar-refractivity contribution in [1.29, 1.82) is 0 Å². The predicted octanol–water partition coefficient (Wildman–Crippen LogP) is 3.03. The summed E-state index contributed by atoms with van der Waals surface area (Å²) in [6.45, 7) is 1.64. The molecular formula is C20H22O6. The van der Waals surface area contributed by atoms with E-state index >= 15 is 0 Å². The molecule has 0 aliphatic carbocycles. The lowest BCUT2D eigenvalue weighted by atomic mass is 10.1. The van der Waals surface area contributed by atoms with Crippen LogP contribution in [0, 0.1) is 0 Å². The first-order valence-corrected chi connectivity index (χ1v) is 8.03. The van der Waals surface area contributed by atoms with Crippen LogP contribution in [0.4, 0.5) is 0 Å². The van der Waals surface area contributed by atoms with Gasteiger partial charge < -0.3 is 24.4 Å². The average Bonchev–Trinajstić information content (AvgIpc) is 2.64. The highest BCUT2D eigenvalue weighted by Crippen LogP contribution is 2.27. The van der Waals surface area contributed by atoms with Crippen LogP contribution < -0.4 is 9.47 Å². The number of carbonyl (C=O) groups is 1. The summed E-state index contributed by atoms with van der Waals surface area (Å²) in [6, 6.07) is 11.2. The van der Waals surface area contributed by atoms with Gasteiger partial charge in [-0.3, -0.25) is 4.79 Å². The van der Waals surface area contributed by atoms with Gasteiger partial charge >= 0.3 is 0 Å². The van der Waals surface area contributed by atoms with Gasteiger partial charge in [-0.05, 0) is 43.3 Å². The number of hydrogen-bond acceptors (Lipinski definition) is 6. The Morgan fingerprint density at radius 1 is 1.15 bits per heavy atom. The number of aliphatic hydroxyl groups is 1. The lowest BCUT2D eigenvalue weighted by Crippen LogP contribution is -2.14. The predicted molar refractivity (Wildman–Crippen MR) is 97.6 cm³/mol. The molecular weight excluding hydrogens is 336 g/mol. The van der Waals surface area contributed by atoms with Crippen LogP contribution in [-0.4, -0.2) is 42.9 Å². The summed E-state index contributed by atoms with van der Waals surface area (Å²) in [4.78, 5) is 12.7. The van der Waals surface area contributed by atoms with Crippen molar-refractivity contribution in [3.63, 3.8) is 0 Å². The molecule has 138 valence electrons. The van der Waals surface area contributed by atoms with Crippen LogP contribution in [-0.2, 0) is 4.74 Å². The highest BCUT2D eigenvalue weighted by Gasteiger charge is 2.15. The van der Waals surface area contributed by atoms with Gasteiger partial charge in [-0.2, -0.15) is 0 Å². The van der Waals surface area contributed by atoms with Crippen molar-refractivity contribution in [3.05, 3.63) is 59.7 Å². The number of hydrogen-bond donors (Lipinski definition) is 2. The van der Waals surface area contributed by atoms with Crippen molar-refractivity contribution in [3.8, 4) is 17.2 Å². The SMILES string of the molecule is CO/C(=C\C(=O)c1ccc(OC)cc1OCC(C)O)c1ccc(O)cc1. The zero-order chi connectivity index (χ0) is 19.1. The Labute approximate surface area is 152 Å². The molecule has 6 nitrogen and oxygen atoms in total. The van der Waals surface area contributed by atoms with E-state index < -0.39 is 6.10 Å². The van der Waals surface area contributed by atoms with E-state index in [2.05, 4.69) is 0 Å². The maximum absolute atomic E-state index is 12.7. The van der Waals surface area contributed by atoms with Crippen molar-refractivity contribution in [1.82, 2.24) is 0 Å². The summed E-state index contributed by atoms with van der Waals surface area (Å²) in [6.07, 6.45) is 0.676. The van der Waals surface area contributed by atoms with Crippen molar-refractivity contribution in [2.24, 2.45) is 0 Å². The minimum Gasteiger partial charge on any atom is -0.508 e. The van der Waals surface area contributed by atoms with Gasteiger partial charge in [0.15, 0.2) is 5.78 Å². The molecule has 6 heteroatoms. The number of benzene rings is 2. The molecule has 0 aliphatic rings. The fourth-order valence-electron chi connectivity index (χ4n) is 2.25. The van der Waals surface area contributed by atoms with Crippen LogP contribution in [0.1, 0.15) is 22.8 Å². The average molecular weight is 358 g/mol. The van der Waals surface area contributed by atoms with Gasteiger partial charge in [0.1, 0.15) is 29.6 Å². The first kappa shape index (κ1) is 19.3. The maximum atomic E-state index is 12.7. The summed E-state index contributed by atoms with van der Waals surface area (Å²) in [5.41, 5.74) is 0.971. The van der Waals surface area contributed by atoms with Gasteiger partial charge in [-0.1, -0.05) is 0 Å². The molecule has 26 heavy (non-hydrogen) atoms. The molecule has 0 amide bonds. The third-order valence-corrected chi connectivity index (χ3v) is 3.57.